The van der Waals surface area contributed by atoms with Crippen LogP contribution < -0.4 is 0 Å². The zero-order valence-electron chi connectivity index (χ0n) is 3.19. The third-order valence-corrected chi connectivity index (χ3v) is 1.46. The van der Waals surface area contributed by atoms with E-state index in [0.717, 1.165) is 0 Å². The molecule has 1 N–H and O–H groups in total. The van der Waals surface area contributed by atoms with Gasteiger partial charge in [-0.05, 0) is 0 Å². The summed E-state index contributed by atoms with van der Waals surface area (Å²) in [5.41, 5.74) is 0. The maximum Gasteiger partial charge on any atom is 0.0772 e. The molecule has 6 heavy (non-hydrogen) atoms. The van der Waals surface area contributed by atoms with Crippen LogP contribution >= 0.6 is 27.5 Å². The molecule has 0 aliphatic rings. The molecule has 0 rings (SSSR count). The van der Waals surface area contributed by atoms with Gasteiger partial charge in [0, 0.05) is 11.2 Å². The largest absolute Gasteiger partial charge is 0.391 e. The molecule has 1 unspecified atom stereocenters. The smallest absolute Gasteiger partial charge is 0.0772 e. The van der Waals surface area contributed by atoms with E-state index in [2.05, 4.69) is 15.9 Å². The van der Waals surface area contributed by atoms with Crippen LogP contribution in [0.15, 0.2) is 0 Å². The van der Waals surface area contributed by atoms with Crippen LogP contribution in [0, 0.1) is 0 Å². The van der Waals surface area contributed by atoms with Gasteiger partial charge in [0.25, 0.3) is 0 Å². The quantitative estimate of drug-likeness (QED) is 0.617. The first-order chi connectivity index (χ1) is 2.81. The topological polar surface area (TPSA) is 20.2 Å². The number of hydrogen-bond acceptors (Lipinski definition) is 1. The fraction of sp³-hybridized carbons (Fsp3) is 1.00. The van der Waals surface area contributed by atoms with Crippen molar-refractivity contribution in [3.63, 3.8) is 0 Å². The molecule has 0 aliphatic heterocycles. The highest BCUT2D eigenvalue weighted by molar-refractivity contribution is 9.09. The van der Waals surface area contributed by atoms with Gasteiger partial charge in [0.2, 0.25) is 0 Å². The van der Waals surface area contributed by atoms with E-state index in [9.17, 15) is 0 Å². The summed E-state index contributed by atoms with van der Waals surface area (Å²) in [5, 5.41) is 9.05. The molecule has 1 nitrogen and oxygen atoms in total. The second-order valence-electron chi connectivity index (χ2n) is 0.962. The maximum atomic E-state index is 8.49. The summed E-state index contributed by atoms with van der Waals surface area (Å²) in [7, 11) is 0. The lowest BCUT2D eigenvalue weighted by atomic mass is 10.5. The predicted octanol–water partition coefficient (Wildman–Crippen LogP) is 0.981. The lowest BCUT2D eigenvalue weighted by Gasteiger charge is -1.95. The van der Waals surface area contributed by atoms with Gasteiger partial charge in [-0.25, -0.2) is 0 Å². The average Bonchev–Trinajstić information content (AvgIpc) is 1.65. The fourth-order valence-corrected chi connectivity index (χ4v) is 0.643. The van der Waals surface area contributed by atoms with Crippen LogP contribution in [0.1, 0.15) is 0 Å². The monoisotopic (exact) mass is 172 g/mol. The van der Waals surface area contributed by atoms with Crippen molar-refractivity contribution < 1.29 is 5.11 Å². The molecular weight excluding hydrogens is 167 g/mol. The summed E-state index contributed by atoms with van der Waals surface area (Å²) in [4.78, 5) is 0. The van der Waals surface area contributed by atoms with Gasteiger partial charge in [0.05, 0.1) is 6.10 Å². The molecule has 0 heterocycles. The Bertz CT molecular complexity index is 30.0. The van der Waals surface area contributed by atoms with E-state index in [1.165, 1.54) is 0 Å². The molecule has 0 spiro atoms. The van der Waals surface area contributed by atoms with Gasteiger partial charge >= 0.3 is 0 Å². The van der Waals surface area contributed by atoms with E-state index in [-0.39, 0.29) is 6.10 Å². The van der Waals surface area contributed by atoms with E-state index in [4.69, 9.17) is 16.7 Å². The van der Waals surface area contributed by atoms with Crippen LogP contribution in [0.5, 0.6) is 0 Å². The van der Waals surface area contributed by atoms with Crippen molar-refractivity contribution in [3.05, 3.63) is 0 Å². The SMILES string of the molecule is OC(CCl)CBr. The van der Waals surface area contributed by atoms with E-state index in [1.54, 1.807) is 0 Å². The number of aliphatic hydroxyl groups is 1. The van der Waals surface area contributed by atoms with E-state index in [0.29, 0.717) is 11.2 Å². The second kappa shape index (κ2) is 3.90. The third kappa shape index (κ3) is 2.94. The number of rotatable bonds is 2. The number of aliphatic hydroxyl groups excluding tert-OH is 1. The van der Waals surface area contributed by atoms with Crippen molar-refractivity contribution in [3.8, 4) is 0 Å². The molecule has 0 aromatic heterocycles. The first-order valence-electron chi connectivity index (χ1n) is 1.61. The third-order valence-electron chi connectivity index (χ3n) is 0.356. The zero-order valence-corrected chi connectivity index (χ0v) is 5.54. The molecule has 0 aromatic rings. The Morgan fingerprint density at radius 2 is 2.33 bits per heavy atom. The van der Waals surface area contributed by atoms with Crippen molar-refractivity contribution >= 4 is 27.5 Å². The fourth-order valence-electron chi connectivity index (χ4n) is 0.0412. The summed E-state index contributed by atoms with van der Waals surface area (Å²) >= 11 is 8.21. The molecule has 0 aliphatic carbocycles. The minimum absolute atomic E-state index is 0.311. The Balaban J connectivity index is 2.75. The minimum Gasteiger partial charge on any atom is -0.391 e. The van der Waals surface area contributed by atoms with Gasteiger partial charge in [-0.1, -0.05) is 15.9 Å². The Morgan fingerprint density at radius 3 is 2.33 bits per heavy atom. The molecule has 0 fully saturated rings. The van der Waals surface area contributed by atoms with E-state index >= 15 is 0 Å². The molecule has 0 amide bonds. The van der Waals surface area contributed by atoms with E-state index in [1.807, 2.05) is 0 Å². The van der Waals surface area contributed by atoms with Crippen LogP contribution in [0.25, 0.3) is 0 Å². The van der Waals surface area contributed by atoms with Gasteiger partial charge in [-0.2, -0.15) is 0 Å². The van der Waals surface area contributed by atoms with Crippen molar-refractivity contribution in [2.45, 2.75) is 6.10 Å². The Morgan fingerprint density at radius 1 is 1.83 bits per heavy atom. The van der Waals surface area contributed by atoms with Crippen molar-refractivity contribution in [1.29, 1.82) is 0 Å². The molecule has 38 valence electrons. The van der Waals surface area contributed by atoms with Gasteiger partial charge in [0.15, 0.2) is 0 Å². The average molecular weight is 173 g/mol. The molecule has 1 atom stereocenters. The molecular formula is C3H6BrClO. The molecule has 0 saturated carbocycles. The Kier molecular flexibility index (Phi) is 4.38. The van der Waals surface area contributed by atoms with Crippen LogP contribution in [-0.4, -0.2) is 22.4 Å². The molecule has 0 aromatic carbocycles. The minimum atomic E-state index is -0.383. The number of alkyl halides is 2. The van der Waals surface area contributed by atoms with Crippen LogP contribution in [-0.2, 0) is 0 Å². The summed E-state index contributed by atoms with van der Waals surface area (Å²) in [6.45, 7) is 0. The highest BCUT2D eigenvalue weighted by Crippen LogP contribution is 1.90. The number of hydrogen-bond donors (Lipinski definition) is 1. The summed E-state index contributed by atoms with van der Waals surface area (Å²) in [5.74, 6) is 0.311. The highest BCUT2D eigenvalue weighted by Gasteiger charge is 1.94. The second-order valence-corrected chi connectivity index (χ2v) is 1.92. The standard InChI is InChI=1S/C3H6BrClO/c4-1-3(6)2-5/h3,6H,1-2H2. The summed E-state index contributed by atoms with van der Waals surface area (Å²) in [6.07, 6.45) is -0.383. The first kappa shape index (κ1) is 6.73. The summed E-state index contributed by atoms with van der Waals surface area (Å²) < 4.78 is 0. The Labute approximate surface area is 50.4 Å². The number of halogens is 2. The van der Waals surface area contributed by atoms with Crippen molar-refractivity contribution in [2.24, 2.45) is 0 Å². The normalized spacial score (nSPS) is 14.5. The van der Waals surface area contributed by atoms with Gasteiger partial charge in [-0.3, -0.25) is 0 Å². The maximum absolute atomic E-state index is 8.49. The van der Waals surface area contributed by atoms with Crippen LogP contribution in [0.3, 0.4) is 0 Å². The van der Waals surface area contributed by atoms with Crippen molar-refractivity contribution in [2.75, 3.05) is 11.2 Å². The van der Waals surface area contributed by atoms with Crippen molar-refractivity contribution in [1.82, 2.24) is 0 Å². The molecule has 3 heteroatoms. The first-order valence-corrected chi connectivity index (χ1v) is 3.27. The van der Waals surface area contributed by atoms with Gasteiger partial charge < -0.3 is 5.11 Å². The predicted molar refractivity (Wildman–Crippen MR) is 30.5 cm³/mol. The van der Waals surface area contributed by atoms with E-state index < -0.39 is 0 Å². The van der Waals surface area contributed by atoms with Crippen LogP contribution in [0.2, 0.25) is 0 Å². The lowest BCUT2D eigenvalue weighted by Crippen LogP contribution is -2.08. The summed E-state index contributed by atoms with van der Waals surface area (Å²) in [6, 6.07) is 0. The van der Waals surface area contributed by atoms with Crippen LogP contribution in [0.4, 0.5) is 0 Å². The van der Waals surface area contributed by atoms with Gasteiger partial charge in [0.1, 0.15) is 0 Å². The van der Waals surface area contributed by atoms with Gasteiger partial charge in [-0.15, -0.1) is 11.6 Å². The zero-order chi connectivity index (χ0) is 4.99. The molecule has 0 saturated heterocycles. The molecule has 0 bridgehead atoms. The Hall–Kier alpha value is 0.730. The molecule has 0 radical (unpaired) electrons. The lowest BCUT2D eigenvalue weighted by molar-refractivity contribution is 0.225. The highest BCUT2D eigenvalue weighted by atomic mass is 79.9.